The van der Waals surface area contributed by atoms with Crippen molar-refractivity contribution < 1.29 is 41.9 Å². The number of halogens is 3. The van der Waals surface area contributed by atoms with Gasteiger partial charge in [-0.15, -0.1) is 13.2 Å². The maximum absolute atomic E-state index is 13.2. The number of hydrogen-bond acceptors (Lipinski definition) is 9. The molecule has 5 amide bonds. The predicted octanol–water partition coefficient (Wildman–Crippen LogP) is 5.81. The van der Waals surface area contributed by atoms with Crippen molar-refractivity contribution in [2.75, 3.05) is 31.6 Å². The maximum atomic E-state index is 13.2. The number of nitrogens with one attached hydrogen (secondary N) is 2. The first-order valence-corrected chi connectivity index (χ1v) is 20.4. The molecule has 0 aliphatic carbocycles. The van der Waals surface area contributed by atoms with Crippen LogP contribution in [0.1, 0.15) is 102 Å². The van der Waals surface area contributed by atoms with Gasteiger partial charge in [0.05, 0.1) is 28.8 Å². The van der Waals surface area contributed by atoms with Crippen LogP contribution in [0.15, 0.2) is 53.5 Å². The molecule has 14 nitrogen and oxygen atoms in total. The number of unbranched alkanes of at least 4 members (excludes halogenated alkanes) is 4. The van der Waals surface area contributed by atoms with Crippen LogP contribution in [0.3, 0.4) is 0 Å². The Morgan fingerprint density at radius 2 is 1.63 bits per heavy atom. The lowest BCUT2D eigenvalue weighted by Crippen LogP contribution is -2.54. The number of rotatable bonds is 15. The van der Waals surface area contributed by atoms with Crippen LogP contribution in [-0.2, 0) is 32.7 Å². The van der Waals surface area contributed by atoms with Crippen molar-refractivity contribution in [2.45, 2.75) is 96.0 Å². The van der Waals surface area contributed by atoms with Crippen LogP contribution in [0.2, 0.25) is 0 Å². The zero-order valence-electron chi connectivity index (χ0n) is 33.6. The van der Waals surface area contributed by atoms with Gasteiger partial charge >= 0.3 is 6.36 Å². The molecule has 2 aromatic carbocycles. The molecular weight excluding hydrogens is 784 g/mol. The molecule has 0 bridgehead atoms. The number of likely N-dealkylation sites (tertiary alicyclic amines) is 1. The van der Waals surface area contributed by atoms with E-state index in [0.29, 0.717) is 67.0 Å². The number of alkyl halides is 3. The summed E-state index contributed by atoms with van der Waals surface area (Å²) in [7, 11) is 1.67. The van der Waals surface area contributed by atoms with E-state index in [0.717, 1.165) is 48.1 Å². The highest BCUT2D eigenvalue weighted by molar-refractivity contribution is 6.23. The Balaban J connectivity index is 0.857. The molecule has 2 N–H and O–H groups in total. The Labute approximate surface area is 344 Å². The predicted molar refractivity (Wildman–Crippen MR) is 215 cm³/mol. The molecule has 2 fully saturated rings. The molecular formula is C43H48F3N7O7. The quantitative estimate of drug-likeness (QED) is 0.111. The van der Waals surface area contributed by atoms with E-state index >= 15 is 0 Å². The molecule has 1 atom stereocenters. The van der Waals surface area contributed by atoms with Gasteiger partial charge in [0.25, 0.3) is 17.4 Å². The Morgan fingerprint density at radius 1 is 0.900 bits per heavy atom. The summed E-state index contributed by atoms with van der Waals surface area (Å²) in [6.07, 6.45) is 3.18. The van der Waals surface area contributed by atoms with E-state index in [1.54, 1.807) is 49.0 Å². The average molecular weight is 832 g/mol. The van der Waals surface area contributed by atoms with E-state index in [-0.39, 0.29) is 47.9 Å². The van der Waals surface area contributed by atoms with E-state index in [4.69, 9.17) is 4.98 Å². The second kappa shape index (κ2) is 17.8. The van der Waals surface area contributed by atoms with Crippen molar-refractivity contribution in [3.05, 3.63) is 81.5 Å². The third kappa shape index (κ3) is 9.30. The number of anilines is 1. The third-order valence-electron chi connectivity index (χ3n) is 11.6. The number of amides is 5. The number of pyridine rings is 1. The van der Waals surface area contributed by atoms with Crippen LogP contribution < -0.4 is 16.2 Å². The SMILES string of the molecule is Cc1cc(-c2ccc3nc(C4CCN(C(=O)CCCCCCCNc5ccc6c(c5)C(=O)N(C5CCC(=O)NC5=O)C6=O)CC4)n(CCOC(F)(F)F)c3c2)cn(C)c1=O. The summed E-state index contributed by atoms with van der Waals surface area (Å²) in [6.45, 7) is 2.80. The summed E-state index contributed by atoms with van der Waals surface area (Å²) in [5, 5.41) is 5.49. The summed E-state index contributed by atoms with van der Waals surface area (Å²) in [6, 6.07) is 11.3. The highest BCUT2D eigenvalue weighted by Gasteiger charge is 2.44. The smallest absolute Gasteiger partial charge is 0.385 e. The minimum atomic E-state index is -4.76. The molecule has 5 heterocycles. The topological polar surface area (TPSA) is 165 Å². The zero-order chi connectivity index (χ0) is 42.7. The normalized spacial score (nSPS) is 17.4. The van der Waals surface area contributed by atoms with E-state index in [1.165, 1.54) is 4.57 Å². The Kier molecular flexibility index (Phi) is 12.5. The minimum absolute atomic E-state index is 0.0550. The standard InChI is InChI=1S/C43H48F3N7O7/c1-26-22-29(25-50(2)40(26)57)28-9-12-33-35(23-28)52(20-21-60-43(44,45)46)38(48-33)27-15-18-51(19-16-27)37(55)8-6-4-3-5-7-17-47-30-10-11-31-32(24-30)42(59)53(41(31)58)34-13-14-36(54)49-39(34)56/h9-12,22-25,27,34,47H,3-8,13-21H2,1-2H3,(H,49,54,56). The van der Waals surface area contributed by atoms with E-state index in [2.05, 4.69) is 15.4 Å². The first-order valence-electron chi connectivity index (χ1n) is 20.4. The number of hydrogen-bond donors (Lipinski definition) is 2. The van der Waals surface area contributed by atoms with E-state index in [1.807, 2.05) is 23.1 Å². The second-order valence-corrected chi connectivity index (χ2v) is 15.8. The highest BCUT2D eigenvalue weighted by Crippen LogP contribution is 2.34. The largest absolute Gasteiger partial charge is 0.522 e. The first-order chi connectivity index (χ1) is 28.7. The Hall–Kier alpha value is -5.84. The number of imidazole rings is 1. The molecule has 3 aliphatic rings. The molecule has 2 saturated heterocycles. The van der Waals surface area contributed by atoms with Gasteiger partial charge in [0.2, 0.25) is 17.7 Å². The van der Waals surface area contributed by atoms with Crippen molar-refractivity contribution in [1.82, 2.24) is 29.2 Å². The van der Waals surface area contributed by atoms with Crippen molar-refractivity contribution in [2.24, 2.45) is 7.05 Å². The molecule has 4 aromatic rings. The first kappa shape index (κ1) is 42.3. The van der Waals surface area contributed by atoms with Gasteiger partial charge in [-0.05, 0) is 86.6 Å². The number of ether oxygens (including phenoxy) is 1. The molecule has 60 heavy (non-hydrogen) atoms. The minimum Gasteiger partial charge on any atom is -0.385 e. The van der Waals surface area contributed by atoms with Crippen LogP contribution in [0.5, 0.6) is 0 Å². The Bertz CT molecular complexity index is 2360. The number of imide groups is 2. The number of fused-ring (bicyclic) bond motifs is 2. The van der Waals surface area contributed by atoms with Crippen molar-refractivity contribution in [3.63, 3.8) is 0 Å². The number of piperidine rings is 2. The number of nitrogens with zero attached hydrogens (tertiary/aromatic N) is 5. The van der Waals surface area contributed by atoms with Gasteiger partial charge in [0.1, 0.15) is 11.9 Å². The molecule has 1 unspecified atom stereocenters. The summed E-state index contributed by atoms with van der Waals surface area (Å²) >= 11 is 0. The van der Waals surface area contributed by atoms with Gasteiger partial charge < -0.3 is 19.4 Å². The number of carbonyl (C=O) groups is 5. The van der Waals surface area contributed by atoms with Crippen molar-refractivity contribution in [3.8, 4) is 11.1 Å². The number of aryl methyl sites for hydroxylation is 2. The van der Waals surface area contributed by atoms with Gasteiger partial charge in [-0.3, -0.25) is 43.7 Å². The van der Waals surface area contributed by atoms with Crippen LogP contribution >= 0.6 is 0 Å². The molecule has 0 saturated carbocycles. The molecule has 2 aromatic heterocycles. The van der Waals surface area contributed by atoms with Crippen LogP contribution in [0.25, 0.3) is 22.2 Å². The van der Waals surface area contributed by atoms with Gasteiger partial charge in [-0.1, -0.05) is 25.3 Å². The summed E-state index contributed by atoms with van der Waals surface area (Å²) in [4.78, 5) is 83.0. The fraction of sp³-hybridized carbons (Fsp3) is 0.465. The van der Waals surface area contributed by atoms with Crippen LogP contribution in [-0.4, -0.2) is 92.1 Å². The summed E-state index contributed by atoms with van der Waals surface area (Å²) in [5.74, 6) is -1.47. The molecule has 0 radical (unpaired) electrons. The summed E-state index contributed by atoms with van der Waals surface area (Å²) in [5.41, 5.74) is 4.53. The monoisotopic (exact) mass is 831 g/mol. The second-order valence-electron chi connectivity index (χ2n) is 15.8. The molecule has 318 valence electrons. The van der Waals surface area contributed by atoms with Gasteiger partial charge in [0, 0.05) is 69.4 Å². The van der Waals surface area contributed by atoms with Crippen molar-refractivity contribution in [1.29, 1.82) is 0 Å². The maximum Gasteiger partial charge on any atom is 0.522 e. The zero-order valence-corrected chi connectivity index (χ0v) is 33.6. The average Bonchev–Trinajstić information content (AvgIpc) is 3.69. The lowest BCUT2D eigenvalue weighted by Gasteiger charge is -2.32. The third-order valence-corrected chi connectivity index (χ3v) is 11.6. The van der Waals surface area contributed by atoms with Gasteiger partial charge in [0.15, 0.2) is 0 Å². The lowest BCUT2D eigenvalue weighted by molar-refractivity contribution is -0.325. The molecule has 0 spiro atoms. The van der Waals surface area contributed by atoms with Crippen LogP contribution in [0, 0.1) is 6.92 Å². The number of benzene rings is 2. The van der Waals surface area contributed by atoms with Gasteiger partial charge in [-0.25, -0.2) is 4.98 Å². The fourth-order valence-corrected chi connectivity index (χ4v) is 8.45. The number of carbonyl (C=O) groups excluding carboxylic acids is 5. The molecule has 7 rings (SSSR count). The lowest BCUT2D eigenvalue weighted by atomic mass is 9.95. The molecule has 17 heteroatoms. The number of aromatic nitrogens is 3. The molecule has 3 aliphatic heterocycles. The van der Waals surface area contributed by atoms with Crippen molar-refractivity contribution >= 4 is 46.3 Å². The summed E-state index contributed by atoms with van der Waals surface area (Å²) < 4.78 is 46.4. The Morgan fingerprint density at radius 3 is 2.37 bits per heavy atom. The highest BCUT2D eigenvalue weighted by atomic mass is 19.4. The van der Waals surface area contributed by atoms with Crippen LogP contribution in [0.4, 0.5) is 18.9 Å². The van der Waals surface area contributed by atoms with Gasteiger partial charge in [-0.2, -0.15) is 0 Å². The fourth-order valence-electron chi connectivity index (χ4n) is 8.45. The van der Waals surface area contributed by atoms with E-state index in [9.17, 15) is 41.9 Å². The van der Waals surface area contributed by atoms with E-state index < -0.39 is 42.6 Å².